The Bertz CT molecular complexity index is 1120. The number of nitrogens with zero attached hydrogens (tertiary/aromatic N) is 3. The molecule has 0 spiro atoms. The first-order valence-corrected chi connectivity index (χ1v) is 10.5. The van der Waals surface area contributed by atoms with Gasteiger partial charge in [0.1, 0.15) is 16.6 Å². The van der Waals surface area contributed by atoms with Crippen LogP contribution in [0.4, 0.5) is 23.2 Å². The van der Waals surface area contributed by atoms with Gasteiger partial charge in [0, 0.05) is 36.1 Å². The van der Waals surface area contributed by atoms with E-state index in [0.717, 1.165) is 29.5 Å². The molecule has 1 N–H and O–H groups in total. The van der Waals surface area contributed by atoms with Crippen molar-refractivity contribution >= 4 is 22.9 Å². The molecule has 1 fully saturated rings. The fourth-order valence-electron chi connectivity index (χ4n) is 3.72. The molecule has 31 heavy (non-hydrogen) atoms. The van der Waals surface area contributed by atoms with Crippen LogP contribution in [-0.2, 0) is 0 Å². The molecule has 1 amide bonds. The predicted molar refractivity (Wildman–Crippen MR) is 108 cm³/mol. The van der Waals surface area contributed by atoms with Gasteiger partial charge in [-0.1, -0.05) is 11.3 Å². The Morgan fingerprint density at radius 1 is 1.13 bits per heavy atom. The highest BCUT2D eigenvalue weighted by Gasteiger charge is 2.37. The molecule has 0 radical (unpaired) electrons. The lowest BCUT2D eigenvalue weighted by Gasteiger charge is -2.29. The molecule has 0 saturated heterocycles. The van der Waals surface area contributed by atoms with Gasteiger partial charge in [-0.25, -0.2) is 17.6 Å². The maximum Gasteiger partial charge on any atom is 0.286 e. The van der Waals surface area contributed by atoms with Crippen LogP contribution in [0.1, 0.15) is 52.1 Å². The second kappa shape index (κ2) is 8.33. The summed E-state index contributed by atoms with van der Waals surface area (Å²) in [5.41, 5.74) is 0.689. The fraction of sp³-hybridized carbons (Fsp3) is 0.333. The van der Waals surface area contributed by atoms with Crippen molar-refractivity contribution < 1.29 is 22.4 Å². The Morgan fingerprint density at radius 2 is 1.87 bits per heavy atom. The number of pyridine rings is 1. The van der Waals surface area contributed by atoms with E-state index in [-0.39, 0.29) is 53.4 Å². The van der Waals surface area contributed by atoms with E-state index in [1.54, 1.807) is 6.92 Å². The molecule has 2 heterocycles. The molecule has 0 aliphatic heterocycles. The molecule has 10 heteroatoms. The third-order valence-electron chi connectivity index (χ3n) is 5.26. The molecule has 1 aromatic carbocycles. The lowest BCUT2D eigenvalue weighted by Crippen LogP contribution is -2.25. The fourth-order valence-corrected chi connectivity index (χ4v) is 4.30. The van der Waals surface area contributed by atoms with Crippen molar-refractivity contribution in [1.82, 2.24) is 15.2 Å². The van der Waals surface area contributed by atoms with Crippen LogP contribution in [0.25, 0.3) is 11.1 Å². The number of carbonyl (C=O) groups excluding carboxylic acids is 1. The highest BCUT2D eigenvalue weighted by Crippen LogP contribution is 2.44. The maximum atomic E-state index is 14.6. The zero-order chi connectivity index (χ0) is 22.2. The van der Waals surface area contributed by atoms with Gasteiger partial charge in [-0.05, 0) is 44.0 Å². The number of aromatic nitrogens is 3. The van der Waals surface area contributed by atoms with Gasteiger partial charge in [0.2, 0.25) is 10.9 Å². The molecule has 1 aliphatic carbocycles. The molecule has 0 bridgehead atoms. The summed E-state index contributed by atoms with van der Waals surface area (Å²) in [4.78, 5) is 17.1. The van der Waals surface area contributed by atoms with E-state index in [2.05, 4.69) is 20.5 Å². The molecule has 3 aromatic rings. The molecule has 1 aliphatic rings. The lowest BCUT2D eigenvalue weighted by molar-refractivity contribution is -0.0384. The number of halogens is 4. The van der Waals surface area contributed by atoms with Crippen LogP contribution >= 0.6 is 11.3 Å². The Hall–Kier alpha value is -2.88. The van der Waals surface area contributed by atoms with Gasteiger partial charge in [-0.2, -0.15) is 0 Å². The van der Waals surface area contributed by atoms with E-state index < -0.39 is 23.5 Å². The van der Waals surface area contributed by atoms with Crippen molar-refractivity contribution in [3.05, 3.63) is 57.8 Å². The average molecular weight is 450 g/mol. The summed E-state index contributed by atoms with van der Waals surface area (Å²) in [6.45, 7) is 1.69. The van der Waals surface area contributed by atoms with Crippen molar-refractivity contribution in [2.75, 3.05) is 5.32 Å². The second-order valence-electron chi connectivity index (χ2n) is 7.45. The van der Waals surface area contributed by atoms with Crippen LogP contribution in [0.2, 0.25) is 0 Å². The van der Waals surface area contributed by atoms with E-state index in [9.17, 15) is 22.4 Å². The third kappa shape index (κ3) is 4.58. The van der Waals surface area contributed by atoms with Crippen LogP contribution in [0.5, 0.6) is 0 Å². The van der Waals surface area contributed by atoms with Crippen LogP contribution < -0.4 is 5.32 Å². The minimum absolute atomic E-state index is 0.0615. The molecule has 0 atom stereocenters. The second-order valence-corrected chi connectivity index (χ2v) is 8.64. The van der Waals surface area contributed by atoms with Crippen molar-refractivity contribution in [1.29, 1.82) is 0 Å². The number of benzene rings is 1. The average Bonchev–Trinajstić information content (AvgIpc) is 3.17. The van der Waals surface area contributed by atoms with Gasteiger partial charge >= 0.3 is 0 Å². The van der Waals surface area contributed by atoms with Crippen LogP contribution in [0.3, 0.4) is 0 Å². The van der Waals surface area contributed by atoms with Crippen LogP contribution in [0.15, 0.2) is 30.5 Å². The Morgan fingerprint density at radius 3 is 2.55 bits per heavy atom. The summed E-state index contributed by atoms with van der Waals surface area (Å²) in [5, 5.41) is 11.0. The van der Waals surface area contributed by atoms with Gasteiger partial charge in [0.05, 0.1) is 11.4 Å². The predicted octanol–water partition coefficient (Wildman–Crippen LogP) is 5.73. The molecule has 1 saturated carbocycles. The zero-order valence-electron chi connectivity index (χ0n) is 16.5. The summed E-state index contributed by atoms with van der Waals surface area (Å²) in [6.07, 6.45) is 1.13. The first-order valence-electron chi connectivity index (χ1n) is 9.67. The number of aryl methyl sites for hydroxylation is 1. The summed E-state index contributed by atoms with van der Waals surface area (Å²) in [5.74, 6) is -5.02. The minimum atomic E-state index is -2.74. The summed E-state index contributed by atoms with van der Waals surface area (Å²) >= 11 is 1.08. The third-order valence-corrected chi connectivity index (χ3v) is 6.10. The molecular weight excluding hydrogens is 432 g/mol. The highest BCUT2D eigenvalue weighted by atomic mass is 32.1. The van der Waals surface area contributed by atoms with Crippen LogP contribution in [-0.4, -0.2) is 27.0 Å². The van der Waals surface area contributed by atoms with Crippen molar-refractivity contribution in [2.24, 2.45) is 0 Å². The van der Waals surface area contributed by atoms with Crippen molar-refractivity contribution in [2.45, 2.75) is 44.4 Å². The van der Waals surface area contributed by atoms with E-state index >= 15 is 0 Å². The molecule has 162 valence electrons. The van der Waals surface area contributed by atoms with E-state index in [4.69, 9.17) is 0 Å². The minimum Gasteiger partial charge on any atom is -0.318 e. The van der Waals surface area contributed by atoms with Crippen molar-refractivity contribution in [3.63, 3.8) is 0 Å². The zero-order valence-corrected chi connectivity index (χ0v) is 17.3. The number of amides is 1. The number of hydrogen-bond donors (Lipinski definition) is 1. The normalized spacial score (nSPS) is 16.3. The molecular formula is C21H18F4N4OS. The molecule has 0 unspecified atom stereocenters. The number of nitrogens with one attached hydrogen (secondary N) is 1. The number of hydrogen-bond acceptors (Lipinski definition) is 5. The van der Waals surface area contributed by atoms with Crippen LogP contribution in [0, 0.1) is 18.6 Å². The standard InChI is InChI=1S/C21H18F4N4OS/c1-11-28-29-20(31-11)19(30)27-18-14(15-10-13(22)2-3-16(15)23)6-9-26-17(18)12-4-7-21(24,25)8-5-12/h2-3,6,9-10,12H,4-5,7-8H2,1H3,(H,27,30). The first kappa shape index (κ1) is 21.4. The summed E-state index contributed by atoms with van der Waals surface area (Å²) in [7, 11) is 0. The number of carbonyl (C=O) groups is 1. The first-order chi connectivity index (χ1) is 14.7. The number of rotatable bonds is 4. The van der Waals surface area contributed by atoms with E-state index in [0.29, 0.717) is 10.7 Å². The van der Waals surface area contributed by atoms with Crippen molar-refractivity contribution in [3.8, 4) is 11.1 Å². The van der Waals surface area contributed by atoms with E-state index in [1.807, 2.05) is 0 Å². The van der Waals surface area contributed by atoms with Gasteiger partial charge in [-0.3, -0.25) is 9.78 Å². The largest absolute Gasteiger partial charge is 0.318 e. The SMILES string of the molecule is Cc1nnc(C(=O)Nc2c(-c3cc(F)ccc3F)ccnc2C2CCC(F)(F)CC2)s1. The topological polar surface area (TPSA) is 67.8 Å². The lowest BCUT2D eigenvalue weighted by atomic mass is 9.83. The smallest absolute Gasteiger partial charge is 0.286 e. The van der Waals surface area contributed by atoms with E-state index in [1.165, 1.54) is 12.3 Å². The van der Waals surface area contributed by atoms with Gasteiger partial charge < -0.3 is 5.32 Å². The Balaban J connectivity index is 1.79. The Kier molecular flexibility index (Phi) is 5.74. The maximum absolute atomic E-state index is 14.6. The number of anilines is 1. The van der Waals surface area contributed by atoms with Gasteiger partial charge in [0.15, 0.2) is 0 Å². The molecule has 5 nitrogen and oxygen atoms in total. The van der Waals surface area contributed by atoms with Gasteiger partial charge in [-0.15, -0.1) is 10.2 Å². The monoisotopic (exact) mass is 450 g/mol. The Labute approximate surface area is 179 Å². The van der Waals surface area contributed by atoms with Gasteiger partial charge in [0.25, 0.3) is 5.91 Å². The summed E-state index contributed by atoms with van der Waals surface area (Å²) in [6, 6.07) is 4.46. The quantitative estimate of drug-likeness (QED) is 0.516. The number of alkyl halides is 2. The summed E-state index contributed by atoms with van der Waals surface area (Å²) < 4.78 is 55.8. The highest BCUT2D eigenvalue weighted by molar-refractivity contribution is 7.13. The molecule has 4 rings (SSSR count). The molecule has 2 aromatic heterocycles.